The third-order valence-corrected chi connectivity index (χ3v) is 3.45. The Balaban J connectivity index is 1.96. The lowest BCUT2D eigenvalue weighted by Gasteiger charge is -1.98. The molecule has 0 saturated carbocycles. The highest BCUT2D eigenvalue weighted by molar-refractivity contribution is 6.34. The number of nitrogens with zero attached hydrogens (tertiary/aromatic N) is 2. The van der Waals surface area contributed by atoms with E-state index in [0.717, 1.165) is 11.0 Å². The summed E-state index contributed by atoms with van der Waals surface area (Å²) in [5.74, 6) is 0.666. The molecular formula is C15H10ClN3O2. The van der Waals surface area contributed by atoms with Gasteiger partial charge in [0, 0.05) is 11.6 Å². The Kier molecular flexibility index (Phi) is 3.41. The number of para-hydroxylation sites is 2. The van der Waals surface area contributed by atoms with E-state index in [2.05, 4.69) is 9.97 Å². The molecule has 1 N–H and O–H groups in total. The number of benzene rings is 2. The van der Waals surface area contributed by atoms with Crippen LogP contribution in [-0.2, 0) is 0 Å². The van der Waals surface area contributed by atoms with Crippen LogP contribution in [0.15, 0.2) is 42.5 Å². The predicted molar refractivity (Wildman–Crippen MR) is 83.1 cm³/mol. The van der Waals surface area contributed by atoms with Gasteiger partial charge in [0.25, 0.3) is 5.69 Å². The summed E-state index contributed by atoms with van der Waals surface area (Å²) in [6.45, 7) is 0. The maximum Gasteiger partial charge on any atom is 0.288 e. The topological polar surface area (TPSA) is 71.8 Å². The van der Waals surface area contributed by atoms with Crippen LogP contribution in [0.1, 0.15) is 11.4 Å². The molecular weight excluding hydrogens is 290 g/mol. The van der Waals surface area contributed by atoms with E-state index in [-0.39, 0.29) is 10.7 Å². The average Bonchev–Trinajstić information content (AvgIpc) is 2.88. The molecule has 0 aliphatic carbocycles. The van der Waals surface area contributed by atoms with E-state index in [4.69, 9.17) is 11.6 Å². The van der Waals surface area contributed by atoms with E-state index in [9.17, 15) is 10.1 Å². The first-order valence-corrected chi connectivity index (χ1v) is 6.58. The zero-order chi connectivity index (χ0) is 14.8. The SMILES string of the molecule is O=[N+]([O-])c1cccc(C=Cc2nc3ccccc3[nH]2)c1Cl. The fourth-order valence-corrected chi connectivity index (χ4v) is 2.29. The minimum Gasteiger partial charge on any atom is -0.338 e. The number of halogens is 1. The van der Waals surface area contributed by atoms with Crippen molar-refractivity contribution in [2.24, 2.45) is 0 Å². The number of nitro benzene ring substituents is 1. The van der Waals surface area contributed by atoms with Crippen molar-refractivity contribution >= 4 is 40.5 Å². The number of imidazole rings is 1. The van der Waals surface area contributed by atoms with Gasteiger partial charge in [-0.05, 0) is 24.3 Å². The number of fused-ring (bicyclic) bond motifs is 1. The quantitative estimate of drug-likeness (QED) is 0.579. The molecule has 0 spiro atoms. The van der Waals surface area contributed by atoms with Crippen LogP contribution in [0.4, 0.5) is 5.69 Å². The van der Waals surface area contributed by atoms with E-state index in [1.54, 1.807) is 24.3 Å². The van der Waals surface area contributed by atoms with Gasteiger partial charge in [0.2, 0.25) is 0 Å². The molecule has 0 aliphatic rings. The number of rotatable bonds is 3. The molecule has 0 atom stereocenters. The lowest BCUT2D eigenvalue weighted by atomic mass is 10.2. The normalized spacial score (nSPS) is 11.3. The zero-order valence-corrected chi connectivity index (χ0v) is 11.5. The van der Waals surface area contributed by atoms with Crippen molar-refractivity contribution in [1.29, 1.82) is 0 Å². The first-order valence-electron chi connectivity index (χ1n) is 6.21. The molecule has 0 aliphatic heterocycles. The average molecular weight is 300 g/mol. The maximum absolute atomic E-state index is 10.8. The van der Waals surface area contributed by atoms with Gasteiger partial charge in [-0.3, -0.25) is 10.1 Å². The largest absolute Gasteiger partial charge is 0.338 e. The molecule has 0 unspecified atom stereocenters. The molecule has 21 heavy (non-hydrogen) atoms. The summed E-state index contributed by atoms with van der Waals surface area (Å²) in [5.41, 5.74) is 2.26. The van der Waals surface area contributed by atoms with E-state index < -0.39 is 4.92 Å². The molecule has 0 amide bonds. The van der Waals surface area contributed by atoms with E-state index in [1.807, 2.05) is 24.3 Å². The molecule has 0 bridgehead atoms. The second-order valence-electron chi connectivity index (χ2n) is 4.41. The number of H-pyrrole nitrogens is 1. The first-order chi connectivity index (χ1) is 10.1. The second-order valence-corrected chi connectivity index (χ2v) is 4.79. The van der Waals surface area contributed by atoms with Crippen LogP contribution in [0.2, 0.25) is 5.02 Å². The van der Waals surface area contributed by atoms with Crippen molar-refractivity contribution in [3.63, 3.8) is 0 Å². The molecule has 3 rings (SSSR count). The highest BCUT2D eigenvalue weighted by atomic mass is 35.5. The zero-order valence-electron chi connectivity index (χ0n) is 10.8. The van der Waals surface area contributed by atoms with Crippen molar-refractivity contribution < 1.29 is 4.92 Å². The molecule has 0 saturated heterocycles. The number of aromatic nitrogens is 2. The summed E-state index contributed by atoms with van der Waals surface area (Å²) in [6, 6.07) is 12.4. The van der Waals surface area contributed by atoms with Gasteiger partial charge in [-0.15, -0.1) is 0 Å². The van der Waals surface area contributed by atoms with E-state index >= 15 is 0 Å². The van der Waals surface area contributed by atoms with Crippen LogP contribution in [0.5, 0.6) is 0 Å². The summed E-state index contributed by atoms with van der Waals surface area (Å²) < 4.78 is 0. The first kappa shape index (κ1) is 13.3. The van der Waals surface area contributed by atoms with E-state index in [0.29, 0.717) is 11.4 Å². The highest BCUT2D eigenvalue weighted by Gasteiger charge is 2.13. The molecule has 104 valence electrons. The summed E-state index contributed by atoms with van der Waals surface area (Å²) in [7, 11) is 0. The summed E-state index contributed by atoms with van der Waals surface area (Å²) in [5, 5.41) is 11.0. The number of nitro groups is 1. The molecule has 2 aromatic carbocycles. The Labute approximate surface area is 125 Å². The van der Waals surface area contributed by atoms with Crippen LogP contribution in [0, 0.1) is 10.1 Å². The number of hydrogen-bond acceptors (Lipinski definition) is 3. The Morgan fingerprint density at radius 3 is 2.71 bits per heavy atom. The number of hydrogen-bond donors (Lipinski definition) is 1. The minimum absolute atomic E-state index is 0.108. The van der Waals surface area contributed by atoms with Crippen molar-refractivity contribution in [2.75, 3.05) is 0 Å². The molecule has 3 aromatic rings. The molecule has 0 fully saturated rings. The standard InChI is InChI=1S/C15H10ClN3O2/c16-15-10(4-3-7-13(15)19(20)21)8-9-14-17-11-5-1-2-6-12(11)18-14/h1-9H,(H,17,18). The lowest BCUT2D eigenvalue weighted by Crippen LogP contribution is -1.90. The summed E-state index contributed by atoms with van der Waals surface area (Å²) in [6.07, 6.45) is 3.44. The van der Waals surface area contributed by atoms with Gasteiger partial charge in [0.05, 0.1) is 16.0 Å². The van der Waals surface area contributed by atoms with Gasteiger partial charge >= 0.3 is 0 Å². The van der Waals surface area contributed by atoms with Crippen molar-refractivity contribution in [3.05, 3.63) is 69.0 Å². The number of aromatic amines is 1. The summed E-state index contributed by atoms with van der Waals surface area (Å²) in [4.78, 5) is 17.9. The molecule has 1 heterocycles. The molecule has 1 aromatic heterocycles. The maximum atomic E-state index is 10.8. The van der Waals surface area contributed by atoms with Crippen molar-refractivity contribution in [1.82, 2.24) is 9.97 Å². The molecule has 0 radical (unpaired) electrons. The van der Waals surface area contributed by atoms with Gasteiger partial charge < -0.3 is 4.98 Å². The van der Waals surface area contributed by atoms with Crippen LogP contribution in [-0.4, -0.2) is 14.9 Å². The summed E-state index contributed by atoms with van der Waals surface area (Å²) >= 11 is 6.03. The minimum atomic E-state index is -0.499. The lowest BCUT2D eigenvalue weighted by molar-refractivity contribution is -0.384. The van der Waals surface area contributed by atoms with Crippen LogP contribution >= 0.6 is 11.6 Å². The van der Waals surface area contributed by atoms with Crippen molar-refractivity contribution in [2.45, 2.75) is 0 Å². The van der Waals surface area contributed by atoms with Crippen LogP contribution < -0.4 is 0 Å². The third kappa shape index (κ3) is 2.64. The fourth-order valence-electron chi connectivity index (χ4n) is 2.03. The smallest absolute Gasteiger partial charge is 0.288 e. The predicted octanol–water partition coefficient (Wildman–Crippen LogP) is 4.29. The Morgan fingerprint density at radius 1 is 1.14 bits per heavy atom. The van der Waals surface area contributed by atoms with Crippen molar-refractivity contribution in [3.8, 4) is 0 Å². The molecule has 5 nitrogen and oxygen atoms in total. The van der Waals surface area contributed by atoms with Gasteiger partial charge in [-0.1, -0.05) is 35.9 Å². The molecule has 6 heteroatoms. The van der Waals surface area contributed by atoms with Gasteiger partial charge in [-0.25, -0.2) is 4.98 Å². The number of nitrogens with one attached hydrogen (secondary N) is 1. The van der Waals surface area contributed by atoms with Crippen LogP contribution in [0.25, 0.3) is 23.2 Å². The van der Waals surface area contributed by atoms with Crippen LogP contribution in [0.3, 0.4) is 0 Å². The monoisotopic (exact) mass is 299 g/mol. The Bertz CT molecular complexity index is 822. The Morgan fingerprint density at radius 2 is 1.95 bits per heavy atom. The van der Waals surface area contributed by atoms with E-state index in [1.165, 1.54) is 6.07 Å². The third-order valence-electron chi connectivity index (χ3n) is 3.03. The van der Waals surface area contributed by atoms with Gasteiger partial charge in [-0.2, -0.15) is 0 Å². The van der Waals surface area contributed by atoms with Gasteiger partial charge in [0.15, 0.2) is 0 Å². The second kappa shape index (κ2) is 5.38. The Hall–Kier alpha value is -2.66. The van der Waals surface area contributed by atoms with Gasteiger partial charge in [0.1, 0.15) is 10.8 Å². The fraction of sp³-hybridized carbons (Fsp3) is 0. The highest BCUT2D eigenvalue weighted by Crippen LogP contribution is 2.28.